The molecule has 0 fully saturated rings. The smallest absolute Gasteiger partial charge is 0.485 e. The Morgan fingerprint density at radius 2 is 1.58 bits per heavy atom. The van der Waals surface area contributed by atoms with Gasteiger partial charge in [0, 0.05) is 35.4 Å². The third kappa shape index (κ3) is 6.55. The molecule has 36 heavy (non-hydrogen) atoms. The van der Waals surface area contributed by atoms with E-state index in [1.807, 2.05) is 53.4 Å². The summed E-state index contributed by atoms with van der Waals surface area (Å²) < 4.78 is 71.8. The SMILES string of the molecule is COc1ccc(-c2cnc(-c3cc[n+](CCN4C(=O)C=CC4=O)cc3)o2)cc1.O=S(=O)([O-])C(F)(F)F. The van der Waals surface area contributed by atoms with Crippen molar-refractivity contribution in [3.8, 4) is 28.5 Å². The number of halogens is 3. The molecule has 4 rings (SSSR count). The van der Waals surface area contributed by atoms with Crippen molar-refractivity contribution in [1.29, 1.82) is 0 Å². The first-order valence-corrected chi connectivity index (χ1v) is 11.5. The lowest BCUT2D eigenvalue weighted by molar-refractivity contribution is -0.695. The van der Waals surface area contributed by atoms with E-state index in [9.17, 15) is 22.8 Å². The zero-order chi connectivity index (χ0) is 26.5. The van der Waals surface area contributed by atoms with Crippen LogP contribution in [-0.2, 0) is 26.3 Å². The summed E-state index contributed by atoms with van der Waals surface area (Å²) in [5.74, 6) is 1.44. The van der Waals surface area contributed by atoms with Gasteiger partial charge in [-0.25, -0.2) is 18.0 Å². The lowest BCUT2D eigenvalue weighted by atomic mass is 10.2. The fourth-order valence-corrected chi connectivity index (χ4v) is 2.91. The van der Waals surface area contributed by atoms with Crippen molar-refractivity contribution in [2.75, 3.05) is 13.7 Å². The molecule has 0 atom stereocenters. The van der Waals surface area contributed by atoms with Crippen molar-refractivity contribution in [3.05, 3.63) is 67.1 Å². The van der Waals surface area contributed by atoms with Crippen LogP contribution in [0.15, 0.2) is 71.6 Å². The van der Waals surface area contributed by atoms with E-state index >= 15 is 0 Å². The van der Waals surface area contributed by atoms with E-state index in [0.29, 0.717) is 24.7 Å². The number of carbonyl (C=O) groups is 2. The van der Waals surface area contributed by atoms with Crippen LogP contribution < -0.4 is 9.30 Å². The van der Waals surface area contributed by atoms with Gasteiger partial charge in [-0.15, -0.1) is 0 Å². The molecule has 0 unspecified atom stereocenters. The maximum Gasteiger partial charge on any atom is 0.485 e. The Balaban J connectivity index is 0.000000392. The van der Waals surface area contributed by atoms with Gasteiger partial charge in [-0.1, -0.05) is 0 Å². The summed E-state index contributed by atoms with van der Waals surface area (Å²) in [7, 11) is -4.46. The lowest BCUT2D eigenvalue weighted by Gasteiger charge is -2.10. The number of ether oxygens (including phenoxy) is 1. The summed E-state index contributed by atoms with van der Waals surface area (Å²) in [6.45, 7) is 0.845. The minimum absolute atomic E-state index is 0.270. The number of aromatic nitrogens is 2. The Kier molecular flexibility index (Phi) is 7.90. The predicted octanol–water partition coefficient (Wildman–Crippen LogP) is 2.28. The van der Waals surface area contributed by atoms with Gasteiger partial charge in [-0.05, 0) is 24.3 Å². The summed E-state index contributed by atoms with van der Waals surface area (Å²) in [5, 5.41) is 0. The van der Waals surface area contributed by atoms with Crippen molar-refractivity contribution in [3.63, 3.8) is 0 Å². The molecule has 1 aliphatic heterocycles. The number of amides is 2. The second kappa shape index (κ2) is 10.7. The predicted molar refractivity (Wildman–Crippen MR) is 116 cm³/mol. The summed E-state index contributed by atoms with van der Waals surface area (Å²) in [6, 6.07) is 11.3. The Morgan fingerprint density at radius 1 is 1.03 bits per heavy atom. The van der Waals surface area contributed by atoms with Crippen LogP contribution in [0.4, 0.5) is 13.2 Å². The Hall–Kier alpha value is -4.04. The first-order valence-electron chi connectivity index (χ1n) is 10.0. The van der Waals surface area contributed by atoms with Gasteiger partial charge < -0.3 is 13.7 Å². The van der Waals surface area contributed by atoms with Crippen LogP contribution >= 0.6 is 0 Å². The Morgan fingerprint density at radius 3 is 2.08 bits per heavy atom. The minimum atomic E-state index is -6.09. The number of nitrogens with zero attached hydrogens (tertiary/aromatic N) is 3. The molecule has 0 aliphatic carbocycles. The highest BCUT2D eigenvalue weighted by molar-refractivity contribution is 7.86. The minimum Gasteiger partial charge on any atom is -0.741 e. The quantitative estimate of drug-likeness (QED) is 0.207. The molecule has 3 heterocycles. The van der Waals surface area contributed by atoms with E-state index < -0.39 is 15.6 Å². The Bertz CT molecular complexity index is 1350. The van der Waals surface area contributed by atoms with E-state index in [0.717, 1.165) is 16.9 Å². The molecular formula is C22H18F3N3O7S. The molecular weight excluding hydrogens is 507 g/mol. The average Bonchev–Trinajstić information content (AvgIpc) is 3.44. The van der Waals surface area contributed by atoms with Crippen LogP contribution in [-0.4, -0.2) is 53.8 Å². The second-order valence-corrected chi connectivity index (χ2v) is 8.52. The third-order valence-corrected chi connectivity index (χ3v) is 5.35. The van der Waals surface area contributed by atoms with Gasteiger partial charge in [0.25, 0.3) is 11.8 Å². The van der Waals surface area contributed by atoms with E-state index in [2.05, 4.69) is 4.98 Å². The van der Waals surface area contributed by atoms with Crippen LogP contribution in [0.1, 0.15) is 0 Å². The van der Waals surface area contributed by atoms with Gasteiger partial charge in [-0.3, -0.25) is 14.5 Å². The van der Waals surface area contributed by atoms with Gasteiger partial charge in [0.2, 0.25) is 5.89 Å². The molecule has 2 amide bonds. The fraction of sp³-hybridized carbons (Fsp3) is 0.182. The van der Waals surface area contributed by atoms with Crippen molar-refractivity contribution < 1.29 is 49.5 Å². The largest absolute Gasteiger partial charge is 0.741 e. The van der Waals surface area contributed by atoms with Crippen LogP contribution in [0.2, 0.25) is 0 Å². The second-order valence-electron chi connectivity index (χ2n) is 7.14. The molecule has 0 spiro atoms. The zero-order valence-electron chi connectivity index (χ0n) is 18.5. The van der Waals surface area contributed by atoms with Crippen molar-refractivity contribution in [2.24, 2.45) is 0 Å². The normalized spacial score (nSPS) is 13.5. The number of oxazole rings is 1. The monoisotopic (exact) mass is 525 g/mol. The maximum absolute atomic E-state index is 11.6. The molecule has 14 heteroatoms. The molecule has 0 bridgehead atoms. The number of hydrogen-bond acceptors (Lipinski definition) is 8. The topological polar surface area (TPSA) is 134 Å². The summed E-state index contributed by atoms with van der Waals surface area (Å²) >= 11 is 0. The number of carbonyl (C=O) groups excluding carboxylic acids is 2. The van der Waals surface area contributed by atoms with Gasteiger partial charge in [0.05, 0.1) is 19.9 Å². The van der Waals surface area contributed by atoms with E-state index in [1.54, 1.807) is 13.3 Å². The highest BCUT2D eigenvalue weighted by Gasteiger charge is 2.36. The Labute approximate surface area is 203 Å². The third-order valence-electron chi connectivity index (χ3n) is 4.78. The molecule has 3 aromatic rings. The number of hydrogen-bond donors (Lipinski definition) is 0. The van der Waals surface area contributed by atoms with Crippen molar-refractivity contribution >= 4 is 21.9 Å². The van der Waals surface area contributed by atoms with Crippen LogP contribution in [0.5, 0.6) is 5.75 Å². The molecule has 0 N–H and O–H groups in total. The number of methoxy groups -OCH3 is 1. The molecule has 0 radical (unpaired) electrons. The number of imide groups is 1. The van der Waals surface area contributed by atoms with E-state index in [4.69, 9.17) is 22.1 Å². The summed E-state index contributed by atoms with van der Waals surface area (Å²) in [5.41, 5.74) is -3.89. The number of rotatable bonds is 6. The summed E-state index contributed by atoms with van der Waals surface area (Å²) in [4.78, 5) is 28.7. The highest BCUT2D eigenvalue weighted by Crippen LogP contribution is 2.27. The average molecular weight is 525 g/mol. The molecule has 1 aliphatic rings. The molecule has 0 saturated heterocycles. The van der Waals surface area contributed by atoms with Crippen molar-refractivity contribution in [1.82, 2.24) is 9.88 Å². The van der Waals surface area contributed by atoms with Crippen LogP contribution in [0.25, 0.3) is 22.8 Å². The molecule has 0 saturated carbocycles. The number of alkyl halides is 3. The number of benzene rings is 1. The first-order chi connectivity index (χ1) is 16.9. The summed E-state index contributed by atoms with van der Waals surface area (Å²) in [6.07, 6.45) is 8.00. The van der Waals surface area contributed by atoms with Crippen LogP contribution in [0, 0.1) is 0 Å². The molecule has 190 valence electrons. The van der Waals surface area contributed by atoms with Crippen molar-refractivity contribution in [2.45, 2.75) is 12.1 Å². The maximum atomic E-state index is 11.6. The van der Waals surface area contributed by atoms with Gasteiger partial charge in [0.1, 0.15) is 5.75 Å². The first kappa shape index (κ1) is 26.6. The van der Waals surface area contributed by atoms with Gasteiger partial charge in [-0.2, -0.15) is 13.2 Å². The van der Waals surface area contributed by atoms with E-state index in [-0.39, 0.29) is 11.8 Å². The molecule has 10 nitrogen and oxygen atoms in total. The standard InChI is InChI=1S/C21H18N3O4.CHF3O3S/c1-27-17-4-2-15(3-5-17)18-14-22-21(28-18)16-8-10-23(11-9-16)12-13-24-19(25)6-7-20(24)26;2-1(3,4)8(5,6)7/h2-11,14H,12-13H2,1H3;(H,5,6,7)/q+1;/p-1. The van der Waals surface area contributed by atoms with E-state index in [1.165, 1.54) is 17.1 Å². The molecule has 2 aromatic heterocycles. The van der Waals surface area contributed by atoms with Gasteiger partial charge in [0.15, 0.2) is 34.8 Å². The van der Waals surface area contributed by atoms with Crippen LogP contribution in [0.3, 0.4) is 0 Å². The lowest BCUT2D eigenvalue weighted by Crippen LogP contribution is -2.42. The zero-order valence-corrected chi connectivity index (χ0v) is 19.3. The van der Waals surface area contributed by atoms with Gasteiger partial charge >= 0.3 is 5.51 Å². The fourth-order valence-electron chi connectivity index (χ4n) is 2.91. The number of pyridine rings is 1. The molecule has 1 aromatic carbocycles. The highest BCUT2D eigenvalue weighted by atomic mass is 32.2.